The summed E-state index contributed by atoms with van der Waals surface area (Å²) in [6.07, 6.45) is 10.3. The van der Waals surface area contributed by atoms with Crippen LogP contribution in [0.3, 0.4) is 0 Å². The summed E-state index contributed by atoms with van der Waals surface area (Å²) in [5.74, 6) is 1.25. The summed E-state index contributed by atoms with van der Waals surface area (Å²) < 4.78 is 5.49. The number of benzene rings is 1. The number of nitrogens with zero attached hydrogens (tertiary/aromatic N) is 3. The van der Waals surface area contributed by atoms with E-state index in [1.165, 1.54) is 0 Å². The van der Waals surface area contributed by atoms with E-state index in [0.717, 1.165) is 36.1 Å². The van der Waals surface area contributed by atoms with Crippen LogP contribution in [0.15, 0.2) is 55.1 Å². The van der Waals surface area contributed by atoms with Crippen molar-refractivity contribution < 1.29 is 9.53 Å². The van der Waals surface area contributed by atoms with Crippen LogP contribution in [-0.4, -0.2) is 28.0 Å². The molecule has 2 heterocycles. The van der Waals surface area contributed by atoms with E-state index in [1.54, 1.807) is 25.7 Å². The fourth-order valence-corrected chi connectivity index (χ4v) is 3.34. The fraction of sp³-hybridized carbons (Fsp3) is 0.333. The molecule has 2 aromatic heterocycles. The van der Waals surface area contributed by atoms with Crippen molar-refractivity contribution >= 4 is 17.4 Å². The molecule has 1 amide bonds. The highest BCUT2D eigenvalue weighted by Gasteiger charge is 2.14. The van der Waals surface area contributed by atoms with Gasteiger partial charge in [-0.2, -0.15) is 0 Å². The lowest BCUT2D eigenvalue weighted by Gasteiger charge is -2.19. The van der Waals surface area contributed by atoms with E-state index >= 15 is 0 Å². The maximum atomic E-state index is 12.0. The van der Waals surface area contributed by atoms with Gasteiger partial charge in [-0.25, -0.2) is 4.98 Å². The van der Waals surface area contributed by atoms with E-state index in [4.69, 9.17) is 9.72 Å². The maximum Gasteiger partial charge on any atom is 0.224 e. The Labute approximate surface area is 183 Å². The van der Waals surface area contributed by atoms with Gasteiger partial charge in [0.15, 0.2) is 0 Å². The minimum atomic E-state index is -0.0306. The molecule has 0 radical (unpaired) electrons. The van der Waals surface area contributed by atoms with Gasteiger partial charge in [0.2, 0.25) is 5.91 Å². The zero-order valence-electron chi connectivity index (χ0n) is 18.3. The van der Waals surface area contributed by atoms with E-state index in [2.05, 4.69) is 33.6 Å². The third kappa shape index (κ3) is 6.01. The van der Waals surface area contributed by atoms with Crippen LogP contribution in [0.4, 0.5) is 11.5 Å². The minimum absolute atomic E-state index is 0.0306. The number of anilines is 2. The third-order valence-electron chi connectivity index (χ3n) is 4.87. The van der Waals surface area contributed by atoms with E-state index in [-0.39, 0.29) is 11.9 Å². The molecule has 1 atom stereocenters. The molecule has 7 nitrogen and oxygen atoms in total. The average Bonchev–Trinajstić information content (AvgIpc) is 2.80. The summed E-state index contributed by atoms with van der Waals surface area (Å²) in [6, 6.07) is 9.71. The first-order valence-electron chi connectivity index (χ1n) is 10.6. The second-order valence-electron chi connectivity index (χ2n) is 7.27. The molecule has 31 heavy (non-hydrogen) atoms. The van der Waals surface area contributed by atoms with E-state index in [0.29, 0.717) is 23.7 Å². The molecule has 1 aromatic carbocycles. The molecular formula is C24H29N5O2. The zero-order chi connectivity index (χ0) is 22.1. The molecule has 0 aliphatic carbocycles. The van der Waals surface area contributed by atoms with Crippen molar-refractivity contribution in [3.05, 3.63) is 60.7 Å². The van der Waals surface area contributed by atoms with Crippen molar-refractivity contribution in [1.29, 1.82) is 0 Å². The van der Waals surface area contributed by atoms with Crippen LogP contribution in [0, 0.1) is 0 Å². The first-order valence-corrected chi connectivity index (χ1v) is 10.6. The Kier molecular flexibility index (Phi) is 7.92. The molecule has 0 saturated carbocycles. The SMILES string of the molecule is CCCC(=O)Nc1ccc(-c2cncc(NC(CCC)c3cccnc3)n2)cc1OC. The highest BCUT2D eigenvalue weighted by molar-refractivity contribution is 5.92. The number of nitrogens with one attached hydrogen (secondary N) is 2. The Morgan fingerprint density at radius 3 is 2.68 bits per heavy atom. The molecule has 2 N–H and O–H groups in total. The molecule has 0 aliphatic heterocycles. The number of aromatic nitrogens is 3. The van der Waals surface area contributed by atoms with Gasteiger partial charge < -0.3 is 15.4 Å². The quantitative estimate of drug-likeness (QED) is 0.467. The number of methoxy groups -OCH3 is 1. The summed E-state index contributed by atoms with van der Waals surface area (Å²) in [5.41, 5.74) is 3.34. The van der Waals surface area contributed by atoms with E-state index < -0.39 is 0 Å². The predicted octanol–water partition coefficient (Wildman–Crippen LogP) is 5.24. The lowest BCUT2D eigenvalue weighted by Crippen LogP contribution is -2.12. The standard InChI is InChI=1S/C24H29N5O2/c1-4-7-19(18-9-6-12-25-14-18)27-23-16-26-15-21(28-23)17-10-11-20(22(13-17)31-3)29-24(30)8-5-2/h6,9-16,19H,4-5,7-8H2,1-3H3,(H,27,28)(H,29,30). The van der Waals surface area contributed by atoms with Gasteiger partial charge >= 0.3 is 0 Å². The summed E-state index contributed by atoms with van der Waals surface area (Å²) in [4.78, 5) is 25.3. The monoisotopic (exact) mass is 419 g/mol. The summed E-state index contributed by atoms with van der Waals surface area (Å²) in [6.45, 7) is 4.12. The summed E-state index contributed by atoms with van der Waals surface area (Å²) in [7, 11) is 1.58. The van der Waals surface area contributed by atoms with E-state index in [9.17, 15) is 4.79 Å². The highest BCUT2D eigenvalue weighted by atomic mass is 16.5. The normalized spacial score (nSPS) is 11.6. The summed E-state index contributed by atoms with van der Waals surface area (Å²) >= 11 is 0. The van der Waals surface area contributed by atoms with Gasteiger partial charge in [0.25, 0.3) is 0 Å². The van der Waals surface area contributed by atoms with Crippen LogP contribution in [0.5, 0.6) is 5.75 Å². The molecule has 1 unspecified atom stereocenters. The number of carbonyl (C=O) groups excluding carboxylic acids is 1. The Balaban J connectivity index is 1.82. The summed E-state index contributed by atoms with van der Waals surface area (Å²) in [5, 5.41) is 6.38. The van der Waals surface area contributed by atoms with Gasteiger partial charge in [-0.15, -0.1) is 0 Å². The largest absolute Gasteiger partial charge is 0.495 e. The van der Waals surface area contributed by atoms with Crippen molar-refractivity contribution in [2.45, 2.75) is 45.6 Å². The Morgan fingerprint density at radius 2 is 1.97 bits per heavy atom. The van der Waals surface area contributed by atoms with Gasteiger partial charge in [0.1, 0.15) is 11.6 Å². The van der Waals surface area contributed by atoms with Gasteiger partial charge in [-0.05, 0) is 36.6 Å². The smallest absolute Gasteiger partial charge is 0.224 e. The maximum absolute atomic E-state index is 12.0. The molecule has 0 spiro atoms. The van der Waals surface area contributed by atoms with Gasteiger partial charge in [0.05, 0.1) is 36.9 Å². The Hall–Kier alpha value is -3.48. The van der Waals surface area contributed by atoms with Crippen molar-refractivity contribution in [2.24, 2.45) is 0 Å². The molecule has 0 bridgehead atoms. The van der Waals surface area contributed by atoms with Crippen molar-refractivity contribution in [3.8, 4) is 17.0 Å². The zero-order valence-corrected chi connectivity index (χ0v) is 18.3. The lowest BCUT2D eigenvalue weighted by molar-refractivity contribution is -0.116. The van der Waals surface area contributed by atoms with Gasteiger partial charge in [0, 0.05) is 24.4 Å². The second-order valence-corrected chi connectivity index (χ2v) is 7.27. The Bertz CT molecular complexity index is 994. The predicted molar refractivity (Wildman–Crippen MR) is 123 cm³/mol. The van der Waals surface area contributed by atoms with Crippen LogP contribution in [0.2, 0.25) is 0 Å². The average molecular weight is 420 g/mol. The van der Waals surface area contributed by atoms with Crippen molar-refractivity contribution in [1.82, 2.24) is 15.0 Å². The highest BCUT2D eigenvalue weighted by Crippen LogP contribution is 2.31. The molecule has 3 rings (SSSR count). The number of carbonyl (C=O) groups is 1. The van der Waals surface area contributed by atoms with Crippen LogP contribution in [-0.2, 0) is 4.79 Å². The first-order chi connectivity index (χ1) is 15.1. The van der Waals surface area contributed by atoms with Crippen molar-refractivity contribution in [2.75, 3.05) is 17.7 Å². The van der Waals surface area contributed by atoms with Crippen LogP contribution < -0.4 is 15.4 Å². The number of hydrogen-bond donors (Lipinski definition) is 2. The first kappa shape index (κ1) is 22.2. The lowest BCUT2D eigenvalue weighted by atomic mass is 10.0. The van der Waals surface area contributed by atoms with E-state index in [1.807, 2.05) is 37.4 Å². The topological polar surface area (TPSA) is 89.0 Å². The molecule has 3 aromatic rings. The number of ether oxygens (including phenoxy) is 1. The minimum Gasteiger partial charge on any atom is -0.495 e. The molecule has 162 valence electrons. The van der Waals surface area contributed by atoms with Crippen LogP contribution in [0.25, 0.3) is 11.3 Å². The molecule has 0 fully saturated rings. The Morgan fingerprint density at radius 1 is 1.10 bits per heavy atom. The molecular weight excluding hydrogens is 390 g/mol. The van der Waals surface area contributed by atoms with Crippen LogP contribution in [0.1, 0.15) is 51.1 Å². The second kappa shape index (κ2) is 11.1. The molecule has 0 aliphatic rings. The number of rotatable bonds is 10. The van der Waals surface area contributed by atoms with Crippen LogP contribution >= 0.6 is 0 Å². The van der Waals surface area contributed by atoms with Gasteiger partial charge in [-0.3, -0.25) is 14.8 Å². The number of pyridine rings is 1. The van der Waals surface area contributed by atoms with Crippen molar-refractivity contribution in [3.63, 3.8) is 0 Å². The fourth-order valence-electron chi connectivity index (χ4n) is 3.34. The number of hydrogen-bond acceptors (Lipinski definition) is 6. The third-order valence-corrected chi connectivity index (χ3v) is 4.87. The van der Waals surface area contributed by atoms with Gasteiger partial charge in [-0.1, -0.05) is 32.4 Å². The molecule has 7 heteroatoms. The number of amides is 1. The molecule has 0 saturated heterocycles.